The van der Waals surface area contributed by atoms with Gasteiger partial charge >= 0.3 is 0 Å². The number of primary amides is 1. The summed E-state index contributed by atoms with van der Waals surface area (Å²) in [6, 6.07) is 6.42. The second-order valence-electron chi connectivity index (χ2n) is 5.91. The minimum atomic E-state index is -1.07. The summed E-state index contributed by atoms with van der Waals surface area (Å²) in [4.78, 5) is 19.9. The second-order valence-corrected chi connectivity index (χ2v) is 5.91. The number of hydrogen-bond acceptors (Lipinski definition) is 7. The van der Waals surface area contributed by atoms with Gasteiger partial charge in [-0.15, -0.1) is 0 Å². The van der Waals surface area contributed by atoms with E-state index in [1.807, 2.05) is 6.07 Å². The number of piperidine rings is 1. The van der Waals surface area contributed by atoms with Gasteiger partial charge in [-0.25, -0.2) is 14.4 Å². The number of rotatable bonds is 5. The van der Waals surface area contributed by atoms with Crippen LogP contribution in [0.5, 0.6) is 0 Å². The van der Waals surface area contributed by atoms with Gasteiger partial charge in [0.05, 0.1) is 22.9 Å². The number of nitrogens with two attached hydrogens (primary N) is 1. The van der Waals surface area contributed by atoms with Crippen molar-refractivity contribution in [2.45, 2.75) is 18.6 Å². The van der Waals surface area contributed by atoms with Crippen LogP contribution in [0, 0.1) is 11.3 Å². The molecule has 0 saturated carbocycles. The summed E-state index contributed by atoms with van der Waals surface area (Å²) in [5.74, 6) is 0.256. The Morgan fingerprint density at radius 3 is 2.81 bits per heavy atom. The topological polar surface area (TPSA) is 129 Å². The molecule has 2 aromatic heterocycles. The molecule has 2 atom stereocenters. The summed E-state index contributed by atoms with van der Waals surface area (Å²) in [7, 11) is 0. The standard InChI is InChI=1S/C17H18FN7O/c18-12-9-21-4-3-13(12)24-14-5-16(23-8-11(14)17(20)26)25-15-2-1-10(6-19)7-22-15/h1-2,5,7-8,12-13,21H,3-4,9H2,(H2,20,26)(H2,22,23,24,25)/t12-,13+/m0/s1. The molecule has 1 saturated heterocycles. The Balaban J connectivity index is 1.83. The van der Waals surface area contributed by atoms with Crippen LogP contribution in [0.3, 0.4) is 0 Å². The lowest BCUT2D eigenvalue weighted by molar-refractivity contribution is 0.100. The van der Waals surface area contributed by atoms with E-state index in [-0.39, 0.29) is 12.1 Å². The number of hydrogen-bond donors (Lipinski definition) is 4. The highest BCUT2D eigenvalue weighted by molar-refractivity contribution is 5.98. The average molecular weight is 355 g/mol. The zero-order valence-corrected chi connectivity index (χ0v) is 13.9. The van der Waals surface area contributed by atoms with Crippen molar-refractivity contribution in [2.75, 3.05) is 23.7 Å². The lowest BCUT2D eigenvalue weighted by atomic mass is 10.0. The van der Waals surface area contributed by atoms with Gasteiger partial charge in [0.2, 0.25) is 0 Å². The number of carbonyl (C=O) groups excluding carboxylic acids is 1. The van der Waals surface area contributed by atoms with Crippen molar-refractivity contribution in [3.05, 3.63) is 41.7 Å². The maximum atomic E-state index is 14.1. The molecule has 3 heterocycles. The number of nitriles is 1. The molecule has 3 rings (SSSR count). The molecule has 2 aromatic rings. The number of nitrogens with one attached hydrogen (secondary N) is 3. The third-order valence-electron chi connectivity index (χ3n) is 4.07. The highest BCUT2D eigenvalue weighted by atomic mass is 19.1. The molecule has 5 N–H and O–H groups in total. The monoisotopic (exact) mass is 355 g/mol. The van der Waals surface area contributed by atoms with Crippen LogP contribution >= 0.6 is 0 Å². The Kier molecular flexibility index (Phi) is 5.24. The molecule has 134 valence electrons. The van der Waals surface area contributed by atoms with Crippen LogP contribution in [0.25, 0.3) is 0 Å². The van der Waals surface area contributed by atoms with Gasteiger partial charge in [0.25, 0.3) is 5.91 Å². The number of anilines is 3. The quantitative estimate of drug-likeness (QED) is 0.636. The van der Waals surface area contributed by atoms with Crippen LogP contribution in [0.4, 0.5) is 21.7 Å². The molecule has 0 bridgehead atoms. The Morgan fingerprint density at radius 2 is 2.15 bits per heavy atom. The van der Waals surface area contributed by atoms with E-state index in [1.54, 1.807) is 18.2 Å². The van der Waals surface area contributed by atoms with Crippen LogP contribution in [-0.2, 0) is 0 Å². The van der Waals surface area contributed by atoms with E-state index in [4.69, 9.17) is 11.0 Å². The normalized spacial score (nSPS) is 19.4. The van der Waals surface area contributed by atoms with Gasteiger partial charge in [-0.1, -0.05) is 0 Å². The first-order chi connectivity index (χ1) is 12.6. The zero-order valence-electron chi connectivity index (χ0n) is 13.9. The maximum absolute atomic E-state index is 14.1. The summed E-state index contributed by atoms with van der Waals surface area (Å²) < 4.78 is 14.1. The van der Waals surface area contributed by atoms with Crippen molar-refractivity contribution >= 4 is 23.2 Å². The van der Waals surface area contributed by atoms with Crippen LogP contribution < -0.4 is 21.7 Å². The van der Waals surface area contributed by atoms with E-state index in [1.165, 1.54) is 12.4 Å². The highest BCUT2D eigenvalue weighted by Crippen LogP contribution is 2.23. The number of halogens is 1. The lowest BCUT2D eigenvalue weighted by Gasteiger charge is -2.29. The molecule has 1 amide bonds. The van der Waals surface area contributed by atoms with Gasteiger partial charge in [-0.2, -0.15) is 5.26 Å². The first-order valence-corrected chi connectivity index (χ1v) is 8.11. The van der Waals surface area contributed by atoms with Gasteiger partial charge in [-0.05, 0) is 25.1 Å². The molecule has 1 aliphatic heterocycles. The van der Waals surface area contributed by atoms with Gasteiger partial charge in [0.1, 0.15) is 23.9 Å². The molecule has 0 unspecified atom stereocenters. The molecule has 0 aliphatic carbocycles. The summed E-state index contributed by atoms with van der Waals surface area (Å²) >= 11 is 0. The molecule has 9 heteroatoms. The SMILES string of the molecule is N#Cc1ccc(Nc2cc(N[C@@H]3CCNC[C@@H]3F)c(C(N)=O)cn2)nc1. The summed E-state index contributed by atoms with van der Waals surface area (Å²) in [6.07, 6.45) is 2.28. The zero-order chi connectivity index (χ0) is 18.5. The summed E-state index contributed by atoms with van der Waals surface area (Å²) in [5, 5.41) is 17.8. The summed E-state index contributed by atoms with van der Waals surface area (Å²) in [6.45, 7) is 0.949. The van der Waals surface area contributed by atoms with Crippen LogP contribution in [0.2, 0.25) is 0 Å². The van der Waals surface area contributed by atoms with Crippen molar-refractivity contribution in [2.24, 2.45) is 5.73 Å². The van der Waals surface area contributed by atoms with Gasteiger partial charge in [0.15, 0.2) is 0 Å². The molecular formula is C17H18FN7O. The second kappa shape index (κ2) is 7.76. The van der Waals surface area contributed by atoms with E-state index in [9.17, 15) is 9.18 Å². The third kappa shape index (κ3) is 4.04. The highest BCUT2D eigenvalue weighted by Gasteiger charge is 2.25. The van der Waals surface area contributed by atoms with E-state index >= 15 is 0 Å². The number of aromatic nitrogens is 2. The first-order valence-electron chi connectivity index (χ1n) is 8.11. The minimum absolute atomic E-state index is 0.189. The fourth-order valence-electron chi connectivity index (χ4n) is 2.69. The van der Waals surface area contributed by atoms with Gasteiger partial charge in [0, 0.05) is 25.0 Å². The number of alkyl halides is 1. The van der Waals surface area contributed by atoms with E-state index in [2.05, 4.69) is 25.9 Å². The molecule has 0 spiro atoms. The largest absolute Gasteiger partial charge is 0.378 e. The van der Waals surface area contributed by atoms with Crippen molar-refractivity contribution in [1.82, 2.24) is 15.3 Å². The van der Waals surface area contributed by atoms with Crippen LogP contribution in [-0.4, -0.2) is 41.2 Å². The van der Waals surface area contributed by atoms with Crippen molar-refractivity contribution in [3.63, 3.8) is 0 Å². The van der Waals surface area contributed by atoms with E-state index in [0.29, 0.717) is 35.9 Å². The maximum Gasteiger partial charge on any atom is 0.252 e. The Morgan fingerprint density at radius 1 is 1.35 bits per heavy atom. The predicted molar refractivity (Wildman–Crippen MR) is 94.8 cm³/mol. The molecule has 0 aromatic carbocycles. The minimum Gasteiger partial charge on any atom is -0.378 e. The number of pyridine rings is 2. The Labute approximate surface area is 149 Å². The number of nitrogens with zero attached hydrogens (tertiary/aromatic N) is 3. The van der Waals surface area contributed by atoms with Crippen molar-refractivity contribution in [1.29, 1.82) is 5.26 Å². The number of carbonyl (C=O) groups is 1. The van der Waals surface area contributed by atoms with E-state index in [0.717, 1.165) is 0 Å². The summed E-state index contributed by atoms with van der Waals surface area (Å²) in [5.41, 5.74) is 6.44. The molecule has 26 heavy (non-hydrogen) atoms. The molecule has 8 nitrogen and oxygen atoms in total. The van der Waals surface area contributed by atoms with Crippen molar-refractivity contribution < 1.29 is 9.18 Å². The molecule has 1 fully saturated rings. The first kappa shape index (κ1) is 17.6. The molecule has 1 aliphatic rings. The predicted octanol–water partition coefficient (Wildman–Crippen LogP) is 1.30. The van der Waals surface area contributed by atoms with Gasteiger partial charge in [-0.3, -0.25) is 4.79 Å². The van der Waals surface area contributed by atoms with Gasteiger partial charge < -0.3 is 21.7 Å². The smallest absolute Gasteiger partial charge is 0.252 e. The van der Waals surface area contributed by atoms with Crippen molar-refractivity contribution in [3.8, 4) is 6.07 Å². The fraction of sp³-hybridized carbons (Fsp3) is 0.294. The number of amides is 1. The Hall–Kier alpha value is -3.25. The molecular weight excluding hydrogens is 337 g/mol. The average Bonchev–Trinajstić information content (AvgIpc) is 2.64. The molecule has 0 radical (unpaired) electrons. The van der Waals surface area contributed by atoms with Crippen LogP contribution in [0.15, 0.2) is 30.6 Å². The lowest BCUT2D eigenvalue weighted by Crippen LogP contribution is -2.45. The third-order valence-corrected chi connectivity index (χ3v) is 4.07. The fourth-order valence-corrected chi connectivity index (χ4v) is 2.69. The Bertz CT molecular complexity index is 834. The van der Waals surface area contributed by atoms with E-state index < -0.39 is 18.1 Å². The van der Waals surface area contributed by atoms with Crippen LogP contribution in [0.1, 0.15) is 22.3 Å².